The molecule has 128 valence electrons. The van der Waals surface area contributed by atoms with Gasteiger partial charge in [-0.05, 0) is 49.2 Å². The van der Waals surface area contributed by atoms with Gasteiger partial charge in [-0.2, -0.15) is 15.9 Å². The molecule has 0 radical (unpaired) electrons. The fourth-order valence-electron chi connectivity index (χ4n) is 3.73. The van der Waals surface area contributed by atoms with Crippen LogP contribution in [0.3, 0.4) is 0 Å². The predicted molar refractivity (Wildman–Crippen MR) is 98.1 cm³/mol. The molecule has 24 heavy (non-hydrogen) atoms. The molecular weight excluding hydrogens is 340 g/mol. The molecule has 0 bridgehead atoms. The molecule has 0 spiro atoms. The van der Waals surface area contributed by atoms with Gasteiger partial charge in [-0.15, -0.1) is 5.10 Å². The van der Waals surface area contributed by atoms with Gasteiger partial charge in [-0.3, -0.25) is 4.90 Å². The van der Waals surface area contributed by atoms with E-state index in [2.05, 4.69) is 38.9 Å². The summed E-state index contributed by atoms with van der Waals surface area (Å²) in [7, 11) is 2.19. The third-order valence-corrected chi connectivity index (χ3v) is 6.74. The summed E-state index contributed by atoms with van der Waals surface area (Å²) in [5, 5.41) is 19.4. The molecule has 0 unspecified atom stereocenters. The van der Waals surface area contributed by atoms with E-state index in [1.165, 1.54) is 37.7 Å². The zero-order valence-electron chi connectivity index (χ0n) is 14.0. The average molecular weight is 363 g/mol. The minimum absolute atomic E-state index is 0.0631. The Kier molecular flexibility index (Phi) is 4.32. The number of hydrogen-bond acceptors (Lipinski definition) is 6. The predicted octanol–water partition coefficient (Wildman–Crippen LogP) is 4.22. The minimum Gasteiger partial charge on any atom is -0.492 e. The Hall–Kier alpha value is -1.44. The smallest absolute Gasteiger partial charge is 0.230 e. The van der Waals surface area contributed by atoms with Crippen LogP contribution in [0.5, 0.6) is 5.88 Å². The maximum atomic E-state index is 10.8. The minimum atomic E-state index is 0.0631. The van der Waals surface area contributed by atoms with Crippen LogP contribution in [-0.2, 0) is 0 Å². The molecule has 0 saturated heterocycles. The van der Waals surface area contributed by atoms with Crippen molar-refractivity contribution in [2.24, 2.45) is 0 Å². The fourth-order valence-corrected chi connectivity index (χ4v) is 5.59. The molecule has 5 nitrogen and oxygen atoms in total. The summed E-state index contributed by atoms with van der Waals surface area (Å²) >= 11 is 3.25. The van der Waals surface area contributed by atoms with Crippen molar-refractivity contribution in [3.8, 4) is 5.88 Å². The molecule has 0 aromatic carbocycles. The highest BCUT2D eigenvalue weighted by Crippen LogP contribution is 2.42. The number of hydrogen-bond donors (Lipinski definition) is 1. The van der Waals surface area contributed by atoms with Crippen LogP contribution < -0.4 is 0 Å². The van der Waals surface area contributed by atoms with E-state index >= 15 is 0 Å². The van der Waals surface area contributed by atoms with E-state index in [-0.39, 0.29) is 11.9 Å². The van der Waals surface area contributed by atoms with Gasteiger partial charge in [0.1, 0.15) is 5.82 Å². The van der Waals surface area contributed by atoms with Gasteiger partial charge >= 0.3 is 0 Å². The maximum absolute atomic E-state index is 10.8. The van der Waals surface area contributed by atoms with E-state index in [1.54, 1.807) is 27.2 Å². The van der Waals surface area contributed by atoms with E-state index < -0.39 is 0 Å². The number of fused-ring (bicyclic) bond motifs is 1. The number of aryl methyl sites for hydroxylation is 1. The second-order valence-electron chi connectivity index (χ2n) is 6.56. The van der Waals surface area contributed by atoms with Crippen LogP contribution in [0, 0.1) is 6.92 Å². The van der Waals surface area contributed by atoms with Crippen molar-refractivity contribution >= 4 is 27.6 Å². The highest BCUT2D eigenvalue weighted by Gasteiger charge is 2.32. The van der Waals surface area contributed by atoms with Gasteiger partial charge < -0.3 is 5.11 Å². The van der Waals surface area contributed by atoms with Crippen LogP contribution >= 0.6 is 22.7 Å². The molecule has 1 aliphatic carbocycles. The first kappa shape index (κ1) is 16.1. The van der Waals surface area contributed by atoms with E-state index in [1.807, 2.05) is 6.92 Å². The van der Waals surface area contributed by atoms with Gasteiger partial charge in [0.25, 0.3) is 0 Å². The summed E-state index contributed by atoms with van der Waals surface area (Å²) in [5.74, 6) is 0.922. The number of thiazole rings is 1. The van der Waals surface area contributed by atoms with Crippen LogP contribution in [0.2, 0.25) is 0 Å². The maximum Gasteiger partial charge on any atom is 0.230 e. The molecule has 1 atom stereocenters. The quantitative estimate of drug-likeness (QED) is 0.755. The van der Waals surface area contributed by atoms with Crippen molar-refractivity contribution in [3.63, 3.8) is 0 Å². The third kappa shape index (κ3) is 2.74. The van der Waals surface area contributed by atoms with Crippen LogP contribution in [0.1, 0.15) is 54.4 Å². The lowest BCUT2D eigenvalue weighted by Gasteiger charge is -2.36. The molecule has 3 aromatic heterocycles. The largest absolute Gasteiger partial charge is 0.492 e. The Labute approximate surface area is 149 Å². The highest BCUT2D eigenvalue weighted by atomic mass is 32.1. The Bertz CT molecular complexity index is 817. The second-order valence-corrected chi connectivity index (χ2v) is 8.35. The normalized spacial score (nSPS) is 17.8. The van der Waals surface area contributed by atoms with Crippen molar-refractivity contribution < 1.29 is 5.11 Å². The van der Waals surface area contributed by atoms with E-state index in [9.17, 15) is 5.11 Å². The summed E-state index contributed by atoms with van der Waals surface area (Å²) in [4.78, 5) is 8.57. The topological polar surface area (TPSA) is 53.7 Å². The SMILES string of the molecule is Cc1nc2sc([C@H](c3ccsc3)N(C)C3CCCCC3)c(O)n2n1. The molecule has 7 heteroatoms. The molecule has 1 fully saturated rings. The molecule has 1 saturated carbocycles. The average Bonchev–Trinajstić information content (AvgIpc) is 3.29. The first-order valence-corrected chi connectivity index (χ1v) is 10.2. The fraction of sp³-hybridized carbons (Fsp3) is 0.529. The zero-order valence-corrected chi connectivity index (χ0v) is 15.6. The monoisotopic (exact) mass is 362 g/mol. The first-order valence-electron chi connectivity index (χ1n) is 8.44. The lowest BCUT2D eigenvalue weighted by Crippen LogP contribution is -2.36. The number of aromatic hydroxyl groups is 1. The molecular formula is C17H22N4OS2. The van der Waals surface area contributed by atoms with Gasteiger partial charge in [0.05, 0.1) is 10.9 Å². The number of nitrogens with zero attached hydrogens (tertiary/aromatic N) is 4. The van der Waals surface area contributed by atoms with Crippen LogP contribution in [0.15, 0.2) is 16.8 Å². The Morgan fingerprint density at radius 2 is 2.12 bits per heavy atom. The summed E-state index contributed by atoms with van der Waals surface area (Å²) in [5.41, 5.74) is 1.24. The third-order valence-electron chi connectivity index (χ3n) is 4.97. The number of thiophene rings is 1. The van der Waals surface area contributed by atoms with Crippen molar-refractivity contribution in [1.82, 2.24) is 19.5 Å². The van der Waals surface area contributed by atoms with E-state index in [4.69, 9.17) is 0 Å². The summed E-state index contributed by atoms with van der Waals surface area (Å²) < 4.78 is 1.57. The van der Waals surface area contributed by atoms with E-state index in [0.717, 1.165) is 9.84 Å². The Morgan fingerprint density at radius 1 is 1.33 bits per heavy atom. The highest BCUT2D eigenvalue weighted by molar-refractivity contribution is 7.17. The van der Waals surface area contributed by atoms with Gasteiger partial charge in [-0.1, -0.05) is 30.6 Å². The standard InChI is InChI=1S/C17H22N4OS2/c1-11-18-17-21(19-11)16(22)15(24-17)14(12-8-9-23-10-12)20(2)13-6-4-3-5-7-13/h8-10,13-14,22H,3-7H2,1-2H3/t14-/m0/s1. The van der Waals surface area contributed by atoms with Gasteiger partial charge in [0.2, 0.25) is 10.8 Å². The van der Waals surface area contributed by atoms with Gasteiger partial charge in [0, 0.05) is 6.04 Å². The molecule has 0 aliphatic heterocycles. The van der Waals surface area contributed by atoms with Crippen LogP contribution in [0.25, 0.3) is 4.96 Å². The van der Waals surface area contributed by atoms with Crippen LogP contribution in [0.4, 0.5) is 0 Å². The van der Waals surface area contributed by atoms with Gasteiger partial charge in [0.15, 0.2) is 0 Å². The molecule has 3 aromatic rings. The zero-order chi connectivity index (χ0) is 16.7. The van der Waals surface area contributed by atoms with E-state index in [0.29, 0.717) is 11.9 Å². The van der Waals surface area contributed by atoms with Crippen LogP contribution in [-0.4, -0.2) is 37.7 Å². The second kappa shape index (κ2) is 6.46. The molecule has 0 amide bonds. The van der Waals surface area contributed by atoms with Crippen molar-refractivity contribution in [3.05, 3.63) is 33.1 Å². The molecule has 1 aliphatic rings. The summed E-state index contributed by atoms with van der Waals surface area (Å²) in [6.45, 7) is 1.85. The lowest BCUT2D eigenvalue weighted by molar-refractivity contribution is 0.157. The van der Waals surface area contributed by atoms with Gasteiger partial charge in [-0.25, -0.2) is 4.98 Å². The summed E-state index contributed by atoms with van der Waals surface area (Å²) in [6, 6.07) is 2.79. The molecule has 1 N–H and O–H groups in total. The molecule has 4 rings (SSSR count). The van der Waals surface area contributed by atoms with Crippen molar-refractivity contribution in [1.29, 1.82) is 0 Å². The Balaban J connectivity index is 1.76. The number of rotatable bonds is 4. The summed E-state index contributed by atoms with van der Waals surface area (Å²) in [6.07, 6.45) is 6.40. The van der Waals surface area contributed by atoms with Crippen molar-refractivity contribution in [2.45, 2.75) is 51.1 Å². The van der Waals surface area contributed by atoms with Crippen molar-refractivity contribution in [2.75, 3.05) is 7.05 Å². The molecule has 3 heterocycles. The lowest BCUT2D eigenvalue weighted by atomic mass is 9.92. The first-order chi connectivity index (χ1) is 11.6. The number of aromatic nitrogens is 3. The Morgan fingerprint density at radius 3 is 2.79 bits per heavy atom.